The molecule has 8 heteroatoms. The van der Waals surface area contributed by atoms with Crippen LogP contribution in [0.3, 0.4) is 0 Å². The number of sulfone groups is 1. The second kappa shape index (κ2) is 5.20. The molecule has 0 aliphatic carbocycles. The van der Waals surface area contributed by atoms with Crippen LogP contribution in [0, 0.1) is 5.92 Å². The molecule has 1 fully saturated rings. The zero-order valence-corrected chi connectivity index (χ0v) is 11.4. The summed E-state index contributed by atoms with van der Waals surface area (Å²) < 4.78 is 29.4. The van der Waals surface area contributed by atoms with Gasteiger partial charge in [0.25, 0.3) is 0 Å². The second-order valence-corrected chi connectivity index (χ2v) is 6.90. The van der Waals surface area contributed by atoms with E-state index in [2.05, 4.69) is 5.10 Å². The lowest BCUT2D eigenvalue weighted by atomic mass is 10.1. The van der Waals surface area contributed by atoms with E-state index >= 15 is 0 Å². The molecule has 0 radical (unpaired) electrons. The average molecular weight is 288 g/mol. The maximum Gasteiger partial charge on any atom is 0.358 e. The predicted octanol–water partition coefficient (Wildman–Crippen LogP) is 0.415. The number of rotatable bonds is 4. The molecule has 1 saturated heterocycles. The number of methoxy groups -OCH3 is 1. The van der Waals surface area contributed by atoms with Crippen LogP contribution in [-0.4, -0.2) is 47.9 Å². The summed E-state index contributed by atoms with van der Waals surface area (Å²) in [7, 11) is -1.63. The van der Waals surface area contributed by atoms with Crippen molar-refractivity contribution in [3.8, 4) is 5.75 Å². The monoisotopic (exact) mass is 288 g/mol. The van der Waals surface area contributed by atoms with Crippen molar-refractivity contribution < 1.29 is 23.1 Å². The van der Waals surface area contributed by atoms with Gasteiger partial charge in [-0.2, -0.15) is 5.10 Å². The Kier molecular flexibility index (Phi) is 3.79. The molecule has 0 bridgehead atoms. The molecule has 0 spiro atoms. The van der Waals surface area contributed by atoms with E-state index < -0.39 is 15.8 Å². The first-order valence-corrected chi connectivity index (χ1v) is 7.78. The predicted molar refractivity (Wildman–Crippen MR) is 67.1 cm³/mol. The fourth-order valence-electron chi connectivity index (χ4n) is 2.38. The molecule has 1 aliphatic heterocycles. The van der Waals surface area contributed by atoms with E-state index in [1.54, 1.807) is 0 Å². The highest BCUT2D eigenvalue weighted by atomic mass is 32.2. The van der Waals surface area contributed by atoms with Crippen LogP contribution in [0.15, 0.2) is 6.20 Å². The third kappa shape index (κ3) is 3.06. The lowest BCUT2D eigenvalue weighted by Gasteiger charge is -2.22. The summed E-state index contributed by atoms with van der Waals surface area (Å²) in [5.74, 6) is -0.730. The fraction of sp³-hybridized carbons (Fsp3) is 0.636. The topological polar surface area (TPSA) is 98.5 Å². The van der Waals surface area contributed by atoms with E-state index in [9.17, 15) is 13.2 Å². The highest BCUT2D eigenvalue weighted by molar-refractivity contribution is 7.91. The highest BCUT2D eigenvalue weighted by Gasteiger charge is 2.27. The van der Waals surface area contributed by atoms with Crippen molar-refractivity contribution in [1.82, 2.24) is 9.78 Å². The van der Waals surface area contributed by atoms with Gasteiger partial charge in [-0.05, 0) is 18.8 Å². The Balaban J connectivity index is 2.19. The zero-order chi connectivity index (χ0) is 14.0. The Morgan fingerprint density at radius 3 is 2.95 bits per heavy atom. The molecule has 1 aliphatic rings. The van der Waals surface area contributed by atoms with Gasteiger partial charge in [0.15, 0.2) is 21.3 Å². The number of carboxylic acid groups (broad SMARTS) is 1. The zero-order valence-electron chi connectivity index (χ0n) is 10.6. The summed E-state index contributed by atoms with van der Waals surface area (Å²) in [5, 5.41) is 13.1. The maximum absolute atomic E-state index is 11.6. The highest BCUT2D eigenvalue weighted by Crippen LogP contribution is 2.23. The van der Waals surface area contributed by atoms with E-state index in [1.807, 2.05) is 0 Å². The van der Waals surface area contributed by atoms with Gasteiger partial charge in [-0.25, -0.2) is 13.2 Å². The molecule has 1 atom stereocenters. The second-order valence-electron chi connectivity index (χ2n) is 4.67. The van der Waals surface area contributed by atoms with Crippen LogP contribution in [-0.2, 0) is 16.4 Å². The molecule has 0 aromatic carbocycles. The Hall–Kier alpha value is -1.57. The molecule has 7 nitrogen and oxygen atoms in total. The first-order chi connectivity index (χ1) is 8.93. The smallest absolute Gasteiger partial charge is 0.358 e. The van der Waals surface area contributed by atoms with Crippen LogP contribution in [0.1, 0.15) is 23.3 Å². The van der Waals surface area contributed by atoms with Crippen molar-refractivity contribution in [3.05, 3.63) is 11.9 Å². The lowest BCUT2D eigenvalue weighted by Crippen LogP contribution is -2.29. The number of hydrogen-bond acceptors (Lipinski definition) is 5. The molecular formula is C11H16N2O5S. The maximum atomic E-state index is 11.6. The van der Waals surface area contributed by atoms with Gasteiger partial charge in [0.2, 0.25) is 0 Å². The van der Waals surface area contributed by atoms with Crippen LogP contribution in [0.2, 0.25) is 0 Å². The van der Waals surface area contributed by atoms with Crippen LogP contribution in [0.25, 0.3) is 0 Å². The van der Waals surface area contributed by atoms with Crippen molar-refractivity contribution in [3.63, 3.8) is 0 Å². The van der Waals surface area contributed by atoms with Crippen molar-refractivity contribution in [2.75, 3.05) is 18.6 Å². The van der Waals surface area contributed by atoms with Gasteiger partial charge >= 0.3 is 5.97 Å². The Bertz CT molecular complexity index is 578. The molecule has 0 amide bonds. The Morgan fingerprint density at radius 2 is 2.37 bits per heavy atom. The Morgan fingerprint density at radius 1 is 1.63 bits per heavy atom. The molecule has 2 rings (SSSR count). The summed E-state index contributed by atoms with van der Waals surface area (Å²) in [4.78, 5) is 11.2. The van der Waals surface area contributed by atoms with Crippen LogP contribution in [0.4, 0.5) is 0 Å². The van der Waals surface area contributed by atoms with Gasteiger partial charge < -0.3 is 9.84 Å². The van der Waals surface area contributed by atoms with Crippen molar-refractivity contribution in [1.29, 1.82) is 0 Å². The van der Waals surface area contributed by atoms with Crippen molar-refractivity contribution in [2.45, 2.75) is 19.4 Å². The molecular weight excluding hydrogens is 272 g/mol. The van der Waals surface area contributed by atoms with Gasteiger partial charge in [-0.1, -0.05) is 0 Å². The van der Waals surface area contributed by atoms with Gasteiger partial charge in [0.1, 0.15) is 0 Å². The number of hydrogen-bond donors (Lipinski definition) is 1. The molecule has 1 aromatic heterocycles. The quantitative estimate of drug-likeness (QED) is 0.862. The summed E-state index contributed by atoms with van der Waals surface area (Å²) in [6.45, 7) is 0.282. The average Bonchev–Trinajstić information content (AvgIpc) is 2.70. The largest absolute Gasteiger partial charge is 0.493 e. The van der Waals surface area contributed by atoms with Gasteiger partial charge in [-0.3, -0.25) is 4.68 Å². The minimum Gasteiger partial charge on any atom is -0.493 e. The third-order valence-corrected chi connectivity index (χ3v) is 5.11. The standard InChI is InChI=1S/C11H16N2O5S/c1-18-9-5-12-13(10(9)11(14)15)6-8-3-2-4-19(16,17)7-8/h5,8H,2-4,6-7H2,1H3,(H,14,15). The summed E-state index contributed by atoms with van der Waals surface area (Å²) >= 11 is 0. The minimum absolute atomic E-state index is 0.0366. The first-order valence-electron chi connectivity index (χ1n) is 5.96. The van der Waals surface area contributed by atoms with E-state index in [4.69, 9.17) is 9.84 Å². The van der Waals surface area contributed by atoms with Gasteiger partial charge in [-0.15, -0.1) is 0 Å². The van der Waals surface area contributed by atoms with Crippen molar-refractivity contribution in [2.24, 2.45) is 5.92 Å². The molecule has 2 heterocycles. The number of carbonyl (C=O) groups is 1. The first kappa shape index (κ1) is 13.9. The number of aromatic nitrogens is 2. The molecule has 0 saturated carbocycles. The summed E-state index contributed by atoms with van der Waals surface area (Å²) in [6, 6.07) is 0. The molecule has 1 N–H and O–H groups in total. The Labute approximate surface area is 111 Å². The normalized spacial score (nSPS) is 22.1. The molecule has 106 valence electrons. The van der Waals surface area contributed by atoms with Crippen LogP contribution >= 0.6 is 0 Å². The van der Waals surface area contributed by atoms with E-state index in [0.29, 0.717) is 6.42 Å². The number of aromatic carboxylic acids is 1. The fourth-order valence-corrected chi connectivity index (χ4v) is 4.14. The lowest BCUT2D eigenvalue weighted by molar-refractivity contribution is 0.0678. The van der Waals surface area contributed by atoms with E-state index in [1.165, 1.54) is 18.0 Å². The van der Waals surface area contributed by atoms with Crippen LogP contribution < -0.4 is 4.74 Å². The van der Waals surface area contributed by atoms with Crippen LogP contribution in [0.5, 0.6) is 5.75 Å². The van der Waals surface area contributed by atoms with E-state index in [0.717, 1.165) is 6.42 Å². The van der Waals surface area contributed by atoms with E-state index in [-0.39, 0.29) is 35.4 Å². The molecule has 1 aromatic rings. The SMILES string of the molecule is COc1cnn(CC2CCCS(=O)(=O)C2)c1C(=O)O. The number of carboxylic acids is 1. The van der Waals surface area contributed by atoms with Gasteiger partial charge in [0.05, 0.1) is 24.8 Å². The minimum atomic E-state index is -3.00. The third-order valence-electron chi connectivity index (χ3n) is 3.22. The summed E-state index contributed by atoms with van der Waals surface area (Å²) in [6.07, 6.45) is 2.72. The van der Waals surface area contributed by atoms with Crippen molar-refractivity contribution >= 4 is 15.8 Å². The van der Waals surface area contributed by atoms with Gasteiger partial charge in [0, 0.05) is 6.54 Å². The number of nitrogens with zero attached hydrogens (tertiary/aromatic N) is 2. The molecule has 19 heavy (non-hydrogen) atoms. The number of ether oxygens (including phenoxy) is 1. The summed E-state index contributed by atoms with van der Waals surface area (Å²) in [5.41, 5.74) is -0.0366. The molecule has 1 unspecified atom stereocenters.